The van der Waals surface area contributed by atoms with E-state index < -0.39 is 60.6 Å². The number of nitrogens with two attached hydrogens (primary N) is 4. The second-order valence-corrected chi connectivity index (χ2v) is 5.78. The van der Waals surface area contributed by atoms with Crippen molar-refractivity contribution in [1.82, 2.24) is 10.6 Å². The predicted molar refractivity (Wildman–Crippen MR) is 95.4 cm³/mol. The van der Waals surface area contributed by atoms with Gasteiger partial charge in [0.2, 0.25) is 17.7 Å². The van der Waals surface area contributed by atoms with Crippen molar-refractivity contribution in [3.8, 4) is 0 Å². The first-order valence-electron chi connectivity index (χ1n) is 8.08. The number of primary amides is 1. The normalized spacial score (nSPS) is 13.5. The lowest BCUT2D eigenvalue weighted by atomic mass is 10.1. The molecule has 0 saturated carbocycles. The maximum atomic E-state index is 12.3. The molecule has 0 spiro atoms. The lowest BCUT2D eigenvalue weighted by Crippen LogP contribution is -2.55. The van der Waals surface area contributed by atoms with Crippen molar-refractivity contribution in [2.24, 2.45) is 27.9 Å². The van der Waals surface area contributed by atoms with E-state index in [0.717, 1.165) is 0 Å². The Morgan fingerprint density at radius 3 is 1.93 bits per heavy atom. The molecular formula is C14H25N7O7. The van der Waals surface area contributed by atoms with E-state index in [1.165, 1.54) is 0 Å². The van der Waals surface area contributed by atoms with Crippen molar-refractivity contribution >= 4 is 35.6 Å². The van der Waals surface area contributed by atoms with Gasteiger partial charge in [0.25, 0.3) is 0 Å². The number of aliphatic imine (C=N–C) groups is 1. The van der Waals surface area contributed by atoms with Crippen LogP contribution in [0.15, 0.2) is 4.99 Å². The number of hydrogen-bond donors (Lipinski definition) is 8. The summed E-state index contributed by atoms with van der Waals surface area (Å²) in [5.74, 6) is -5.83. The van der Waals surface area contributed by atoms with Crippen LogP contribution in [-0.4, -0.2) is 70.5 Å². The van der Waals surface area contributed by atoms with Gasteiger partial charge in [-0.3, -0.25) is 24.2 Å². The largest absolute Gasteiger partial charge is 0.481 e. The highest BCUT2D eigenvalue weighted by atomic mass is 16.4. The lowest BCUT2D eigenvalue weighted by molar-refractivity contribution is -0.147. The van der Waals surface area contributed by atoms with Crippen LogP contribution in [0, 0.1) is 0 Å². The van der Waals surface area contributed by atoms with Crippen LogP contribution in [0.1, 0.15) is 25.7 Å². The third kappa shape index (κ3) is 10.5. The number of guanidine groups is 1. The van der Waals surface area contributed by atoms with Crippen LogP contribution >= 0.6 is 0 Å². The van der Waals surface area contributed by atoms with Gasteiger partial charge in [0.15, 0.2) is 5.96 Å². The lowest BCUT2D eigenvalue weighted by Gasteiger charge is -2.22. The third-order valence-electron chi connectivity index (χ3n) is 3.33. The zero-order chi connectivity index (χ0) is 21.9. The highest BCUT2D eigenvalue weighted by Crippen LogP contribution is 2.03. The molecule has 14 heteroatoms. The predicted octanol–water partition coefficient (Wildman–Crippen LogP) is -4.23. The second-order valence-electron chi connectivity index (χ2n) is 5.78. The molecule has 0 unspecified atom stereocenters. The highest BCUT2D eigenvalue weighted by molar-refractivity contribution is 5.94. The third-order valence-corrected chi connectivity index (χ3v) is 3.33. The molecular weight excluding hydrogens is 378 g/mol. The van der Waals surface area contributed by atoms with E-state index in [1.807, 2.05) is 5.32 Å². The van der Waals surface area contributed by atoms with E-state index >= 15 is 0 Å². The fraction of sp³-hybridized carbons (Fsp3) is 0.571. The number of carbonyl (C=O) groups is 5. The van der Waals surface area contributed by atoms with Crippen LogP contribution in [-0.2, 0) is 24.0 Å². The fourth-order valence-corrected chi connectivity index (χ4v) is 2.01. The molecule has 0 bridgehead atoms. The van der Waals surface area contributed by atoms with Gasteiger partial charge in [-0.25, -0.2) is 4.79 Å². The van der Waals surface area contributed by atoms with Gasteiger partial charge in [0.05, 0.1) is 18.9 Å². The Kier molecular flexibility index (Phi) is 10.6. The van der Waals surface area contributed by atoms with Gasteiger partial charge in [0, 0.05) is 6.54 Å². The van der Waals surface area contributed by atoms with Gasteiger partial charge in [-0.15, -0.1) is 0 Å². The molecule has 0 aromatic rings. The summed E-state index contributed by atoms with van der Waals surface area (Å²) in [5, 5.41) is 22.0. The average molecular weight is 403 g/mol. The first-order chi connectivity index (χ1) is 12.9. The topological polar surface area (TPSA) is 266 Å². The van der Waals surface area contributed by atoms with E-state index in [1.54, 1.807) is 0 Å². The van der Waals surface area contributed by atoms with Crippen LogP contribution < -0.4 is 33.6 Å². The van der Waals surface area contributed by atoms with Gasteiger partial charge >= 0.3 is 11.9 Å². The molecule has 0 aliphatic heterocycles. The molecule has 0 aromatic carbocycles. The first kappa shape index (κ1) is 24.6. The maximum absolute atomic E-state index is 12.3. The first-order valence-corrected chi connectivity index (χ1v) is 8.08. The number of hydrogen-bond acceptors (Lipinski definition) is 7. The number of carbonyl (C=O) groups excluding carboxylic acids is 3. The zero-order valence-electron chi connectivity index (χ0n) is 15.0. The van der Waals surface area contributed by atoms with Gasteiger partial charge in [-0.05, 0) is 12.8 Å². The second kappa shape index (κ2) is 12.1. The van der Waals surface area contributed by atoms with Crippen molar-refractivity contribution < 1.29 is 34.2 Å². The monoisotopic (exact) mass is 403 g/mol. The molecule has 0 aliphatic rings. The van der Waals surface area contributed by atoms with E-state index in [2.05, 4.69) is 10.3 Å². The average Bonchev–Trinajstić information content (AvgIpc) is 2.55. The molecule has 28 heavy (non-hydrogen) atoms. The van der Waals surface area contributed by atoms with Gasteiger partial charge in [-0.1, -0.05) is 0 Å². The molecule has 0 aromatic heterocycles. The Balaban J connectivity index is 5.16. The van der Waals surface area contributed by atoms with E-state index in [9.17, 15) is 24.0 Å². The SMILES string of the molecule is NC(=O)C[C@H](N)C(=O)N[C@@H](CCCN=C(N)N)C(=O)N[C@@H](CC(=O)O)C(=O)O. The summed E-state index contributed by atoms with van der Waals surface area (Å²) in [6, 6.07) is -4.29. The van der Waals surface area contributed by atoms with Crippen LogP contribution in [0.25, 0.3) is 0 Å². The molecule has 0 radical (unpaired) electrons. The van der Waals surface area contributed by atoms with Crippen molar-refractivity contribution in [1.29, 1.82) is 0 Å². The fourth-order valence-electron chi connectivity index (χ4n) is 2.01. The van der Waals surface area contributed by atoms with Crippen LogP contribution in [0.4, 0.5) is 0 Å². The maximum Gasteiger partial charge on any atom is 0.326 e. The minimum atomic E-state index is -1.71. The summed E-state index contributed by atoms with van der Waals surface area (Å²) in [6.07, 6.45) is -1.13. The Labute approximate surface area is 159 Å². The van der Waals surface area contributed by atoms with Crippen LogP contribution in [0.3, 0.4) is 0 Å². The number of aliphatic carboxylic acids is 2. The van der Waals surface area contributed by atoms with Crippen molar-refractivity contribution in [2.75, 3.05) is 6.54 Å². The summed E-state index contributed by atoms with van der Waals surface area (Å²) in [6.45, 7) is 0.118. The molecule has 12 N–H and O–H groups in total. The minimum Gasteiger partial charge on any atom is -0.481 e. The Morgan fingerprint density at radius 1 is 0.893 bits per heavy atom. The molecule has 0 fully saturated rings. The summed E-state index contributed by atoms with van der Waals surface area (Å²) in [7, 11) is 0. The molecule has 0 heterocycles. The molecule has 3 amide bonds. The number of rotatable bonds is 13. The molecule has 14 nitrogen and oxygen atoms in total. The molecule has 0 aliphatic carbocycles. The molecule has 3 atom stereocenters. The quantitative estimate of drug-likeness (QED) is 0.0833. The van der Waals surface area contributed by atoms with Gasteiger partial charge in [-0.2, -0.15) is 0 Å². The van der Waals surface area contributed by atoms with Gasteiger partial charge < -0.3 is 43.8 Å². The standard InChI is InChI=1S/C14H25N7O7/c15-6(4-9(16)22)11(25)20-7(2-1-3-19-14(17)18)12(26)21-8(13(27)28)5-10(23)24/h6-8H,1-5,15H2,(H2,16,22)(H,20,25)(H,21,26)(H,23,24)(H,27,28)(H4,17,18,19)/t6-,7-,8-/m0/s1. The number of nitrogens with zero attached hydrogens (tertiary/aromatic N) is 1. The van der Waals surface area contributed by atoms with Gasteiger partial charge in [0.1, 0.15) is 12.1 Å². The minimum absolute atomic E-state index is 0.0168. The molecule has 158 valence electrons. The van der Waals surface area contributed by atoms with E-state index in [4.69, 9.17) is 33.1 Å². The van der Waals surface area contributed by atoms with Crippen LogP contribution in [0.5, 0.6) is 0 Å². The summed E-state index contributed by atoms with van der Waals surface area (Å²) in [4.78, 5) is 60.8. The smallest absolute Gasteiger partial charge is 0.326 e. The van der Waals surface area contributed by atoms with Crippen molar-refractivity contribution in [3.63, 3.8) is 0 Å². The highest BCUT2D eigenvalue weighted by Gasteiger charge is 2.29. The Morgan fingerprint density at radius 2 is 1.46 bits per heavy atom. The summed E-state index contributed by atoms with van der Waals surface area (Å²) < 4.78 is 0. The number of carboxylic acid groups (broad SMARTS) is 2. The van der Waals surface area contributed by atoms with Crippen molar-refractivity contribution in [2.45, 2.75) is 43.8 Å². The number of carboxylic acids is 2. The molecule has 0 rings (SSSR count). The Bertz CT molecular complexity index is 634. The summed E-state index contributed by atoms with van der Waals surface area (Å²) >= 11 is 0. The van der Waals surface area contributed by atoms with E-state index in [0.29, 0.717) is 0 Å². The zero-order valence-corrected chi connectivity index (χ0v) is 15.0. The van der Waals surface area contributed by atoms with Crippen LogP contribution in [0.2, 0.25) is 0 Å². The Hall–Kier alpha value is -3.42. The number of nitrogens with one attached hydrogen (secondary N) is 2. The molecule has 0 saturated heterocycles. The van der Waals surface area contributed by atoms with E-state index in [-0.39, 0.29) is 25.3 Å². The number of amides is 3. The van der Waals surface area contributed by atoms with Crippen molar-refractivity contribution in [3.05, 3.63) is 0 Å². The summed E-state index contributed by atoms with van der Waals surface area (Å²) in [5.41, 5.74) is 20.8.